The molecule has 9 heteroatoms. The summed E-state index contributed by atoms with van der Waals surface area (Å²) in [6, 6.07) is 17.2. The lowest BCUT2D eigenvalue weighted by Crippen LogP contribution is -2.35. The van der Waals surface area contributed by atoms with E-state index in [1.54, 1.807) is 32.4 Å². The molecule has 1 amide bonds. The van der Waals surface area contributed by atoms with Crippen molar-refractivity contribution in [2.75, 3.05) is 34.0 Å². The molecule has 4 aromatic rings. The Labute approximate surface area is 269 Å². The SMILES string of the molecule is COc1cc(/C=C/C(O)c2c(C)nc3ccccc3c2C)ccc1OCCCOc1cc2c(cc1OC)C(=O)N1CCC[C@H]1C=N2. The number of fused-ring (bicyclic) bond motifs is 3. The van der Waals surface area contributed by atoms with Crippen LogP contribution in [-0.2, 0) is 0 Å². The highest BCUT2D eigenvalue weighted by Crippen LogP contribution is 2.38. The third-order valence-corrected chi connectivity index (χ3v) is 8.61. The minimum atomic E-state index is -0.804. The van der Waals surface area contributed by atoms with Crippen molar-refractivity contribution in [2.45, 2.75) is 45.3 Å². The number of nitrogens with zero attached hydrogens (tertiary/aromatic N) is 3. The number of aliphatic hydroxyl groups excluding tert-OH is 1. The zero-order valence-electron chi connectivity index (χ0n) is 26.7. The predicted octanol–water partition coefficient (Wildman–Crippen LogP) is 6.78. The smallest absolute Gasteiger partial charge is 0.256 e. The number of aryl methyl sites for hydroxylation is 2. The van der Waals surface area contributed by atoms with Crippen LogP contribution in [0.25, 0.3) is 17.0 Å². The van der Waals surface area contributed by atoms with Crippen LogP contribution < -0.4 is 18.9 Å². The van der Waals surface area contributed by atoms with Crippen molar-refractivity contribution < 1.29 is 28.8 Å². The number of aromatic nitrogens is 1. The molecule has 9 nitrogen and oxygen atoms in total. The van der Waals surface area contributed by atoms with Gasteiger partial charge in [-0.25, -0.2) is 0 Å². The van der Waals surface area contributed by atoms with E-state index < -0.39 is 6.10 Å². The van der Waals surface area contributed by atoms with Gasteiger partial charge in [0.1, 0.15) is 0 Å². The summed E-state index contributed by atoms with van der Waals surface area (Å²) < 4.78 is 23.2. The Morgan fingerprint density at radius 1 is 0.978 bits per heavy atom. The molecule has 1 aromatic heterocycles. The lowest BCUT2D eigenvalue weighted by atomic mass is 9.97. The quantitative estimate of drug-likeness (QED) is 0.184. The molecule has 3 heterocycles. The van der Waals surface area contributed by atoms with Crippen molar-refractivity contribution in [3.05, 3.63) is 88.6 Å². The topological polar surface area (TPSA) is 103 Å². The number of carbonyl (C=O) groups excluding carboxylic acids is 1. The fraction of sp³-hybridized carbons (Fsp3) is 0.324. The third kappa shape index (κ3) is 6.28. The fourth-order valence-electron chi connectivity index (χ4n) is 6.23. The summed E-state index contributed by atoms with van der Waals surface area (Å²) in [5.41, 5.74) is 5.56. The Morgan fingerprint density at radius 3 is 2.54 bits per heavy atom. The van der Waals surface area contributed by atoms with Crippen LogP contribution in [0, 0.1) is 13.8 Å². The lowest BCUT2D eigenvalue weighted by molar-refractivity contribution is 0.0774. The highest BCUT2D eigenvalue weighted by molar-refractivity contribution is 6.03. The second kappa shape index (κ2) is 13.6. The Bertz CT molecular complexity index is 1820. The van der Waals surface area contributed by atoms with Crippen molar-refractivity contribution in [2.24, 2.45) is 4.99 Å². The molecule has 0 spiro atoms. The standard InChI is InChI=1S/C37H39N3O6/c1-23-27-10-5-6-11-29(27)39-24(2)36(23)31(41)14-12-25-13-15-32(33(19-25)43-3)45-17-8-18-46-35-21-30-28(20-34(35)44-4)37(42)40-16-7-9-26(40)22-38-30/h5-6,10-15,19-22,26,31,41H,7-9,16-18H2,1-4H3/b14-12+/t26-,31?/m0/s1. The molecular formula is C37H39N3O6. The van der Waals surface area contributed by atoms with Crippen LogP contribution in [0.5, 0.6) is 23.0 Å². The van der Waals surface area contributed by atoms with E-state index in [-0.39, 0.29) is 11.9 Å². The number of carbonyl (C=O) groups is 1. The number of rotatable bonds is 11. The molecule has 1 unspecified atom stereocenters. The first kappa shape index (κ1) is 31.1. The summed E-state index contributed by atoms with van der Waals surface area (Å²) in [6.07, 6.45) is 7.21. The Balaban J connectivity index is 1.06. The van der Waals surface area contributed by atoms with Crippen LogP contribution in [0.4, 0.5) is 5.69 Å². The van der Waals surface area contributed by atoms with Gasteiger partial charge in [0, 0.05) is 41.9 Å². The van der Waals surface area contributed by atoms with E-state index in [4.69, 9.17) is 18.9 Å². The van der Waals surface area contributed by atoms with Gasteiger partial charge in [0.15, 0.2) is 23.0 Å². The molecule has 1 N–H and O–H groups in total. The van der Waals surface area contributed by atoms with Gasteiger partial charge in [-0.1, -0.05) is 36.4 Å². The van der Waals surface area contributed by atoms with Gasteiger partial charge >= 0.3 is 0 Å². The molecule has 3 aromatic carbocycles. The molecule has 0 radical (unpaired) electrons. The maximum absolute atomic E-state index is 13.1. The van der Waals surface area contributed by atoms with Gasteiger partial charge in [-0.2, -0.15) is 0 Å². The van der Waals surface area contributed by atoms with Crippen LogP contribution >= 0.6 is 0 Å². The molecule has 238 valence electrons. The zero-order chi connectivity index (χ0) is 32.2. The molecule has 2 atom stereocenters. The molecule has 6 rings (SSSR count). The number of para-hydroxylation sites is 1. The third-order valence-electron chi connectivity index (χ3n) is 8.61. The van der Waals surface area contributed by atoms with Gasteiger partial charge in [-0.15, -0.1) is 0 Å². The summed E-state index contributed by atoms with van der Waals surface area (Å²) in [4.78, 5) is 24.3. The van der Waals surface area contributed by atoms with Gasteiger partial charge in [0.2, 0.25) is 0 Å². The number of benzene rings is 3. The second-order valence-electron chi connectivity index (χ2n) is 11.5. The minimum Gasteiger partial charge on any atom is -0.493 e. The summed E-state index contributed by atoms with van der Waals surface area (Å²) in [6.45, 7) is 5.47. The van der Waals surface area contributed by atoms with Crippen molar-refractivity contribution in [1.29, 1.82) is 0 Å². The maximum Gasteiger partial charge on any atom is 0.256 e. The molecule has 2 aliphatic heterocycles. The van der Waals surface area contributed by atoms with E-state index in [0.29, 0.717) is 53.9 Å². The number of hydrogen-bond donors (Lipinski definition) is 1. The average molecular weight is 622 g/mol. The predicted molar refractivity (Wildman–Crippen MR) is 179 cm³/mol. The molecule has 0 saturated carbocycles. The number of aliphatic hydroxyl groups is 1. The van der Waals surface area contributed by atoms with Gasteiger partial charge < -0.3 is 29.0 Å². The van der Waals surface area contributed by atoms with Crippen molar-refractivity contribution >= 4 is 34.8 Å². The molecule has 2 aliphatic rings. The summed E-state index contributed by atoms with van der Waals surface area (Å²) in [5.74, 6) is 2.22. The van der Waals surface area contributed by atoms with Crippen LogP contribution in [0.1, 0.15) is 58.1 Å². The van der Waals surface area contributed by atoms with E-state index in [2.05, 4.69) is 9.98 Å². The van der Waals surface area contributed by atoms with Gasteiger partial charge in [0.05, 0.1) is 56.3 Å². The Kier molecular flexibility index (Phi) is 9.21. The second-order valence-corrected chi connectivity index (χ2v) is 11.5. The molecule has 46 heavy (non-hydrogen) atoms. The van der Waals surface area contributed by atoms with Gasteiger partial charge in [0.25, 0.3) is 5.91 Å². The Hall–Kier alpha value is -4.89. The van der Waals surface area contributed by atoms with Crippen LogP contribution in [0.2, 0.25) is 0 Å². The number of pyridine rings is 1. The molecule has 0 bridgehead atoms. The first-order chi connectivity index (χ1) is 22.4. The van der Waals surface area contributed by atoms with E-state index in [1.165, 1.54) is 0 Å². The van der Waals surface area contributed by atoms with Crippen LogP contribution in [0.15, 0.2) is 65.7 Å². The monoisotopic (exact) mass is 621 g/mol. The molecule has 1 fully saturated rings. The summed E-state index contributed by atoms with van der Waals surface area (Å²) in [7, 11) is 3.17. The van der Waals surface area contributed by atoms with E-state index in [1.807, 2.05) is 73.5 Å². The average Bonchev–Trinajstić information content (AvgIpc) is 3.50. The molecular weight excluding hydrogens is 582 g/mol. The normalized spacial score (nSPS) is 16.3. The van der Waals surface area contributed by atoms with Crippen molar-refractivity contribution in [3.8, 4) is 23.0 Å². The van der Waals surface area contributed by atoms with Crippen LogP contribution in [0.3, 0.4) is 0 Å². The lowest BCUT2D eigenvalue weighted by Gasteiger charge is -2.20. The maximum atomic E-state index is 13.1. The Morgan fingerprint density at radius 2 is 1.74 bits per heavy atom. The zero-order valence-corrected chi connectivity index (χ0v) is 26.7. The molecule has 0 aliphatic carbocycles. The number of hydrogen-bond acceptors (Lipinski definition) is 8. The van der Waals surface area contributed by atoms with Gasteiger partial charge in [-0.05, 0) is 62.1 Å². The van der Waals surface area contributed by atoms with E-state index >= 15 is 0 Å². The first-order valence-corrected chi connectivity index (χ1v) is 15.6. The van der Waals surface area contributed by atoms with Crippen LogP contribution in [-0.4, -0.2) is 67.1 Å². The fourth-order valence-corrected chi connectivity index (χ4v) is 6.23. The number of methoxy groups -OCH3 is 2. The van der Waals surface area contributed by atoms with E-state index in [9.17, 15) is 9.90 Å². The summed E-state index contributed by atoms with van der Waals surface area (Å²) >= 11 is 0. The van der Waals surface area contributed by atoms with E-state index in [0.717, 1.165) is 52.7 Å². The first-order valence-electron chi connectivity index (χ1n) is 15.6. The van der Waals surface area contributed by atoms with Crippen molar-refractivity contribution in [3.63, 3.8) is 0 Å². The van der Waals surface area contributed by atoms with Crippen molar-refractivity contribution in [1.82, 2.24) is 9.88 Å². The largest absolute Gasteiger partial charge is 0.493 e. The van der Waals surface area contributed by atoms with Gasteiger partial charge in [-0.3, -0.25) is 14.8 Å². The molecule has 1 saturated heterocycles. The highest BCUT2D eigenvalue weighted by Gasteiger charge is 2.32. The number of aliphatic imine (C=N–C) groups is 1. The number of ether oxygens (including phenoxy) is 4. The number of amides is 1. The highest BCUT2D eigenvalue weighted by atomic mass is 16.5. The minimum absolute atomic E-state index is 0.0210. The summed E-state index contributed by atoms with van der Waals surface area (Å²) in [5, 5.41) is 12.1.